The summed E-state index contributed by atoms with van der Waals surface area (Å²) in [7, 11) is -3.26. The molecule has 1 rings (SSSR count). The van der Waals surface area contributed by atoms with Crippen LogP contribution >= 0.6 is 0 Å². The second-order valence-electron chi connectivity index (χ2n) is 5.91. The Balaban J connectivity index is 3.04. The van der Waals surface area contributed by atoms with E-state index >= 15 is 0 Å². The van der Waals surface area contributed by atoms with Crippen LogP contribution in [0.3, 0.4) is 0 Å². The van der Waals surface area contributed by atoms with Crippen molar-refractivity contribution >= 4 is 9.84 Å². The van der Waals surface area contributed by atoms with Crippen LogP contribution in [0.1, 0.15) is 32.4 Å². The minimum absolute atomic E-state index is 0.191. The zero-order chi connectivity index (χ0) is 14.8. The molecular weight excluding hydrogens is 267 g/mol. The van der Waals surface area contributed by atoms with Gasteiger partial charge in [-0.1, -0.05) is 32.9 Å². The molecule has 0 aliphatic rings. The van der Waals surface area contributed by atoms with Crippen LogP contribution in [0.15, 0.2) is 29.2 Å². The first-order chi connectivity index (χ1) is 8.57. The van der Waals surface area contributed by atoms with Crippen molar-refractivity contribution in [1.29, 1.82) is 0 Å². The number of sulfone groups is 1. The highest BCUT2D eigenvalue weighted by Gasteiger charge is 2.32. The lowest BCUT2D eigenvalue weighted by Crippen LogP contribution is -2.28. The molecule has 0 heterocycles. The largest absolute Gasteiger partial charge is 0.388 e. The van der Waals surface area contributed by atoms with Gasteiger partial charge >= 0.3 is 0 Å². The Labute approximate surface area is 114 Å². The molecule has 0 saturated carbocycles. The first-order valence-electron chi connectivity index (χ1n) is 6.11. The van der Waals surface area contributed by atoms with E-state index in [4.69, 9.17) is 0 Å². The standard InChI is InChI=1S/C14H21FO3S/c1-14(2,3)12(9-15)13(16)10-5-7-11(8-6-10)19(4,17)18/h5-8,12-13,16H,9H2,1-4H3. The minimum Gasteiger partial charge on any atom is -0.388 e. The maximum atomic E-state index is 13.1. The number of aliphatic hydroxyl groups excluding tert-OH is 1. The van der Waals surface area contributed by atoms with Crippen molar-refractivity contribution in [3.8, 4) is 0 Å². The molecule has 2 atom stereocenters. The molecular formula is C14H21FO3S. The smallest absolute Gasteiger partial charge is 0.175 e. The van der Waals surface area contributed by atoms with Crippen LogP contribution in [-0.2, 0) is 9.84 Å². The molecule has 3 nitrogen and oxygen atoms in total. The minimum atomic E-state index is -3.26. The Hall–Kier alpha value is -0.940. The van der Waals surface area contributed by atoms with Crippen molar-refractivity contribution < 1.29 is 17.9 Å². The molecule has 2 unspecified atom stereocenters. The highest BCUT2D eigenvalue weighted by molar-refractivity contribution is 7.90. The Kier molecular flexibility index (Phi) is 4.74. The molecule has 0 spiro atoms. The van der Waals surface area contributed by atoms with Crippen molar-refractivity contribution in [1.82, 2.24) is 0 Å². The summed E-state index contributed by atoms with van der Waals surface area (Å²) in [5.41, 5.74) is 0.161. The maximum Gasteiger partial charge on any atom is 0.175 e. The molecule has 0 fully saturated rings. The first kappa shape index (κ1) is 16.1. The van der Waals surface area contributed by atoms with E-state index in [0.717, 1.165) is 6.26 Å². The van der Waals surface area contributed by atoms with E-state index < -0.39 is 28.5 Å². The summed E-state index contributed by atoms with van der Waals surface area (Å²) in [6.45, 7) is 4.97. The molecule has 0 radical (unpaired) electrons. The zero-order valence-electron chi connectivity index (χ0n) is 11.7. The Morgan fingerprint density at radius 2 is 1.68 bits per heavy atom. The van der Waals surface area contributed by atoms with Gasteiger partial charge in [-0.05, 0) is 23.1 Å². The molecule has 0 saturated heterocycles. The van der Waals surface area contributed by atoms with Crippen molar-refractivity contribution in [2.24, 2.45) is 11.3 Å². The molecule has 1 N–H and O–H groups in total. The number of aliphatic hydroxyl groups is 1. The lowest BCUT2D eigenvalue weighted by molar-refractivity contribution is 0.0256. The maximum absolute atomic E-state index is 13.1. The summed E-state index contributed by atoms with van der Waals surface area (Å²) < 4.78 is 35.8. The van der Waals surface area contributed by atoms with Gasteiger partial charge in [0.1, 0.15) is 0 Å². The third kappa shape index (κ3) is 4.01. The normalized spacial score (nSPS) is 16.1. The fraction of sp³-hybridized carbons (Fsp3) is 0.571. The number of rotatable bonds is 4. The van der Waals surface area contributed by atoms with Crippen LogP contribution in [0.2, 0.25) is 0 Å². The quantitative estimate of drug-likeness (QED) is 0.927. The Morgan fingerprint density at radius 3 is 2.00 bits per heavy atom. The molecule has 0 bridgehead atoms. The number of hydrogen-bond acceptors (Lipinski definition) is 3. The van der Waals surface area contributed by atoms with Crippen molar-refractivity contribution in [2.45, 2.75) is 31.8 Å². The molecule has 19 heavy (non-hydrogen) atoms. The molecule has 0 aromatic heterocycles. The van der Waals surface area contributed by atoms with Crippen LogP contribution in [0.25, 0.3) is 0 Å². The zero-order valence-corrected chi connectivity index (χ0v) is 12.5. The van der Waals surface area contributed by atoms with Crippen molar-refractivity contribution in [3.05, 3.63) is 29.8 Å². The van der Waals surface area contributed by atoms with Gasteiger partial charge in [0, 0.05) is 12.2 Å². The third-order valence-corrected chi connectivity index (χ3v) is 4.44. The van der Waals surface area contributed by atoms with Gasteiger partial charge in [-0.25, -0.2) is 8.42 Å². The monoisotopic (exact) mass is 288 g/mol. The van der Waals surface area contributed by atoms with Gasteiger partial charge < -0.3 is 5.11 Å². The second kappa shape index (κ2) is 5.59. The SMILES string of the molecule is CC(C)(C)C(CF)C(O)c1ccc(S(C)(=O)=O)cc1. The molecule has 0 aliphatic heterocycles. The summed E-state index contributed by atoms with van der Waals surface area (Å²) in [4.78, 5) is 0.191. The summed E-state index contributed by atoms with van der Waals surface area (Å²) in [6.07, 6.45) is 0.177. The van der Waals surface area contributed by atoms with Gasteiger partial charge in [-0.15, -0.1) is 0 Å². The van der Waals surface area contributed by atoms with Crippen molar-refractivity contribution in [3.63, 3.8) is 0 Å². The number of benzene rings is 1. The predicted octanol–water partition coefficient (Wildman–Crippen LogP) is 2.76. The van der Waals surface area contributed by atoms with Gasteiger partial charge in [-0.2, -0.15) is 0 Å². The van der Waals surface area contributed by atoms with E-state index in [1.54, 1.807) is 0 Å². The van der Waals surface area contributed by atoms with Crippen molar-refractivity contribution in [2.75, 3.05) is 12.9 Å². The van der Waals surface area contributed by atoms with Gasteiger partial charge in [0.15, 0.2) is 9.84 Å². The van der Waals surface area contributed by atoms with E-state index in [-0.39, 0.29) is 10.3 Å². The predicted molar refractivity (Wildman–Crippen MR) is 73.4 cm³/mol. The van der Waals surface area contributed by atoms with Crippen LogP contribution < -0.4 is 0 Å². The second-order valence-corrected chi connectivity index (χ2v) is 7.93. The number of alkyl halides is 1. The Bertz CT molecular complexity index is 515. The Morgan fingerprint density at radius 1 is 1.21 bits per heavy atom. The summed E-state index contributed by atoms with van der Waals surface area (Å²) in [6, 6.07) is 5.95. The highest BCUT2D eigenvalue weighted by Crippen LogP contribution is 2.36. The van der Waals surface area contributed by atoms with E-state index in [9.17, 15) is 17.9 Å². The van der Waals surface area contributed by atoms with E-state index in [1.165, 1.54) is 24.3 Å². The van der Waals surface area contributed by atoms with Gasteiger partial charge in [0.05, 0.1) is 17.7 Å². The van der Waals surface area contributed by atoms with E-state index in [1.807, 2.05) is 20.8 Å². The fourth-order valence-corrected chi connectivity index (χ4v) is 2.56. The van der Waals surface area contributed by atoms with Crippen LogP contribution in [-0.4, -0.2) is 26.5 Å². The first-order valence-corrected chi connectivity index (χ1v) is 8.00. The van der Waals surface area contributed by atoms with E-state index in [0.29, 0.717) is 5.56 Å². The number of halogens is 1. The number of hydrogen-bond donors (Lipinski definition) is 1. The van der Waals surface area contributed by atoms with E-state index in [2.05, 4.69) is 0 Å². The lowest BCUT2D eigenvalue weighted by Gasteiger charge is -2.32. The van der Waals surface area contributed by atoms with Crippen LogP contribution in [0, 0.1) is 11.3 Å². The van der Waals surface area contributed by atoms with Gasteiger partial charge in [-0.3, -0.25) is 4.39 Å². The van der Waals surface area contributed by atoms with Gasteiger partial charge in [0.25, 0.3) is 0 Å². The molecule has 0 aliphatic carbocycles. The average Bonchev–Trinajstić information content (AvgIpc) is 2.27. The fourth-order valence-electron chi connectivity index (χ4n) is 1.93. The topological polar surface area (TPSA) is 54.4 Å². The third-order valence-electron chi connectivity index (χ3n) is 3.31. The summed E-state index contributed by atoms with van der Waals surface area (Å²) in [5, 5.41) is 10.2. The summed E-state index contributed by atoms with van der Waals surface area (Å²) in [5.74, 6) is -0.531. The van der Waals surface area contributed by atoms with Gasteiger partial charge in [0.2, 0.25) is 0 Å². The average molecular weight is 288 g/mol. The summed E-state index contributed by atoms with van der Waals surface area (Å²) >= 11 is 0. The van der Waals surface area contributed by atoms with Crippen LogP contribution in [0.5, 0.6) is 0 Å². The molecule has 1 aromatic rings. The molecule has 108 valence electrons. The molecule has 0 amide bonds. The van der Waals surface area contributed by atoms with Crippen LogP contribution in [0.4, 0.5) is 4.39 Å². The molecule has 1 aromatic carbocycles. The highest BCUT2D eigenvalue weighted by atomic mass is 32.2. The molecule has 5 heteroatoms. The lowest BCUT2D eigenvalue weighted by atomic mass is 9.76.